The fourth-order valence-electron chi connectivity index (χ4n) is 1.56. The van der Waals surface area contributed by atoms with Gasteiger partial charge in [0.05, 0.1) is 5.69 Å². The van der Waals surface area contributed by atoms with Crippen LogP contribution in [0.15, 0.2) is 41.0 Å². The molecule has 3 N–H and O–H groups in total. The second-order valence-electron chi connectivity index (χ2n) is 3.82. The lowest BCUT2D eigenvalue weighted by atomic mass is 10.2. The molecule has 2 rings (SSSR count). The summed E-state index contributed by atoms with van der Waals surface area (Å²) in [6.45, 7) is 2.53. The molecule has 0 atom stereocenters. The quantitative estimate of drug-likeness (QED) is 0.912. The van der Waals surface area contributed by atoms with Gasteiger partial charge >= 0.3 is 0 Å². The van der Waals surface area contributed by atoms with Gasteiger partial charge in [0.1, 0.15) is 5.82 Å². The van der Waals surface area contributed by atoms with Crippen LogP contribution in [0.5, 0.6) is 0 Å². The zero-order valence-electron chi connectivity index (χ0n) is 9.57. The standard InChI is InChI=1S/C13H14BrN3/c1-9-4-5-12(11(14)7-9)17-13-10(8-15)3-2-6-16-13/h2-7H,8,15H2,1H3,(H,16,17). The fourth-order valence-corrected chi connectivity index (χ4v) is 2.16. The van der Waals surface area contributed by atoms with Crippen molar-refractivity contribution in [3.05, 3.63) is 52.1 Å². The lowest BCUT2D eigenvalue weighted by Gasteiger charge is -2.11. The van der Waals surface area contributed by atoms with Gasteiger partial charge in [-0.2, -0.15) is 0 Å². The van der Waals surface area contributed by atoms with Crippen molar-refractivity contribution in [3.63, 3.8) is 0 Å². The molecule has 1 aromatic heterocycles. The number of benzene rings is 1. The van der Waals surface area contributed by atoms with Crippen molar-refractivity contribution in [2.45, 2.75) is 13.5 Å². The van der Waals surface area contributed by atoms with Gasteiger partial charge in [-0.15, -0.1) is 0 Å². The first kappa shape index (κ1) is 12.1. The van der Waals surface area contributed by atoms with Crippen LogP contribution in [0, 0.1) is 6.92 Å². The SMILES string of the molecule is Cc1ccc(Nc2ncccc2CN)c(Br)c1. The van der Waals surface area contributed by atoms with E-state index >= 15 is 0 Å². The van der Waals surface area contributed by atoms with Crippen molar-refractivity contribution in [2.24, 2.45) is 5.73 Å². The van der Waals surface area contributed by atoms with Gasteiger partial charge in [0, 0.05) is 22.8 Å². The van der Waals surface area contributed by atoms with Crippen LogP contribution >= 0.6 is 15.9 Å². The molecule has 0 aliphatic carbocycles. The number of nitrogens with zero attached hydrogens (tertiary/aromatic N) is 1. The molecule has 2 aromatic rings. The summed E-state index contributed by atoms with van der Waals surface area (Å²) in [4.78, 5) is 4.30. The van der Waals surface area contributed by atoms with E-state index in [9.17, 15) is 0 Å². The normalized spacial score (nSPS) is 10.3. The molecule has 3 nitrogen and oxygen atoms in total. The number of nitrogens with one attached hydrogen (secondary N) is 1. The Balaban J connectivity index is 2.31. The van der Waals surface area contributed by atoms with Crippen molar-refractivity contribution >= 4 is 27.4 Å². The minimum Gasteiger partial charge on any atom is -0.339 e. The first-order valence-electron chi connectivity index (χ1n) is 5.38. The average Bonchev–Trinajstić information content (AvgIpc) is 2.33. The van der Waals surface area contributed by atoms with Crippen LogP contribution in [0.3, 0.4) is 0 Å². The van der Waals surface area contributed by atoms with Gasteiger partial charge < -0.3 is 11.1 Å². The van der Waals surface area contributed by atoms with Crippen LogP contribution in [0.4, 0.5) is 11.5 Å². The zero-order chi connectivity index (χ0) is 12.3. The summed E-state index contributed by atoms with van der Waals surface area (Å²) in [6.07, 6.45) is 1.75. The van der Waals surface area contributed by atoms with Crippen molar-refractivity contribution in [1.82, 2.24) is 4.98 Å². The number of nitrogens with two attached hydrogens (primary N) is 1. The summed E-state index contributed by atoms with van der Waals surface area (Å²) in [7, 11) is 0. The maximum Gasteiger partial charge on any atom is 0.134 e. The highest BCUT2D eigenvalue weighted by Gasteiger charge is 2.04. The molecular formula is C13H14BrN3. The van der Waals surface area contributed by atoms with Crippen molar-refractivity contribution in [2.75, 3.05) is 5.32 Å². The Labute approximate surface area is 109 Å². The predicted molar refractivity (Wildman–Crippen MR) is 74.3 cm³/mol. The van der Waals surface area contributed by atoms with E-state index in [-0.39, 0.29) is 0 Å². The third-order valence-electron chi connectivity index (χ3n) is 2.49. The molecule has 1 heterocycles. The lowest BCUT2D eigenvalue weighted by Crippen LogP contribution is -2.03. The molecule has 0 spiro atoms. The number of aryl methyl sites for hydroxylation is 1. The van der Waals surface area contributed by atoms with Gasteiger partial charge in [-0.05, 0) is 46.6 Å². The second-order valence-corrected chi connectivity index (χ2v) is 4.68. The number of anilines is 2. The fraction of sp³-hybridized carbons (Fsp3) is 0.154. The first-order valence-corrected chi connectivity index (χ1v) is 6.17. The molecule has 0 aliphatic heterocycles. The molecule has 17 heavy (non-hydrogen) atoms. The second kappa shape index (κ2) is 5.29. The summed E-state index contributed by atoms with van der Waals surface area (Å²) in [5.74, 6) is 0.805. The number of pyridine rings is 1. The number of hydrogen-bond acceptors (Lipinski definition) is 3. The lowest BCUT2D eigenvalue weighted by molar-refractivity contribution is 1.05. The van der Waals surface area contributed by atoms with Gasteiger partial charge in [-0.3, -0.25) is 0 Å². The van der Waals surface area contributed by atoms with Crippen LogP contribution in [0.2, 0.25) is 0 Å². The summed E-state index contributed by atoms with van der Waals surface area (Å²) >= 11 is 3.53. The Morgan fingerprint density at radius 2 is 2.18 bits per heavy atom. The Morgan fingerprint density at radius 1 is 1.35 bits per heavy atom. The molecule has 0 fully saturated rings. The van der Waals surface area contributed by atoms with Gasteiger partial charge in [-0.25, -0.2) is 4.98 Å². The van der Waals surface area contributed by atoms with Crippen LogP contribution in [-0.2, 0) is 6.54 Å². The largest absolute Gasteiger partial charge is 0.339 e. The number of aromatic nitrogens is 1. The van der Waals surface area contributed by atoms with E-state index in [2.05, 4.69) is 45.3 Å². The molecule has 0 aliphatic rings. The highest BCUT2D eigenvalue weighted by molar-refractivity contribution is 9.10. The van der Waals surface area contributed by atoms with Gasteiger partial charge in [0.2, 0.25) is 0 Å². The molecule has 1 aromatic carbocycles. The Kier molecular flexibility index (Phi) is 3.76. The maximum atomic E-state index is 5.67. The maximum absolute atomic E-state index is 5.67. The third kappa shape index (κ3) is 2.84. The van der Waals surface area contributed by atoms with Crippen molar-refractivity contribution in [1.29, 1.82) is 0 Å². The number of rotatable bonds is 3. The Bertz CT molecular complexity index is 526. The van der Waals surface area contributed by atoms with Crippen LogP contribution in [-0.4, -0.2) is 4.98 Å². The van der Waals surface area contributed by atoms with Gasteiger partial charge in [-0.1, -0.05) is 12.1 Å². The van der Waals surface area contributed by atoms with Gasteiger partial charge in [0.25, 0.3) is 0 Å². The zero-order valence-corrected chi connectivity index (χ0v) is 11.2. The van der Waals surface area contributed by atoms with Crippen LogP contribution in [0.1, 0.15) is 11.1 Å². The smallest absolute Gasteiger partial charge is 0.134 e. The number of hydrogen-bond donors (Lipinski definition) is 2. The predicted octanol–water partition coefficient (Wildman–Crippen LogP) is 3.35. The highest BCUT2D eigenvalue weighted by Crippen LogP contribution is 2.27. The van der Waals surface area contributed by atoms with Crippen molar-refractivity contribution in [3.8, 4) is 0 Å². The van der Waals surface area contributed by atoms with E-state index in [0.29, 0.717) is 6.54 Å². The molecule has 4 heteroatoms. The first-order chi connectivity index (χ1) is 8.20. The summed E-state index contributed by atoms with van der Waals surface area (Å²) in [5, 5.41) is 3.28. The van der Waals surface area contributed by atoms with E-state index in [0.717, 1.165) is 21.5 Å². The average molecular weight is 292 g/mol. The summed E-state index contributed by atoms with van der Waals surface area (Å²) in [6, 6.07) is 9.99. The van der Waals surface area contributed by atoms with Crippen LogP contribution in [0.25, 0.3) is 0 Å². The summed E-state index contributed by atoms with van der Waals surface area (Å²) < 4.78 is 1.02. The molecule has 0 saturated heterocycles. The third-order valence-corrected chi connectivity index (χ3v) is 3.14. The topological polar surface area (TPSA) is 50.9 Å². The molecular weight excluding hydrogens is 278 g/mol. The molecule has 0 bridgehead atoms. The van der Waals surface area contributed by atoms with E-state index < -0.39 is 0 Å². The molecule has 0 amide bonds. The molecule has 88 valence electrons. The van der Waals surface area contributed by atoms with E-state index in [1.807, 2.05) is 18.2 Å². The Morgan fingerprint density at radius 3 is 2.88 bits per heavy atom. The number of halogens is 1. The monoisotopic (exact) mass is 291 g/mol. The van der Waals surface area contributed by atoms with E-state index in [4.69, 9.17) is 5.73 Å². The van der Waals surface area contributed by atoms with Gasteiger partial charge in [0.15, 0.2) is 0 Å². The molecule has 0 saturated carbocycles. The van der Waals surface area contributed by atoms with E-state index in [1.165, 1.54) is 5.56 Å². The Hall–Kier alpha value is -1.39. The minimum atomic E-state index is 0.472. The van der Waals surface area contributed by atoms with E-state index in [1.54, 1.807) is 6.20 Å². The van der Waals surface area contributed by atoms with Crippen LogP contribution < -0.4 is 11.1 Å². The summed E-state index contributed by atoms with van der Waals surface area (Å²) in [5.41, 5.74) is 8.88. The minimum absolute atomic E-state index is 0.472. The highest BCUT2D eigenvalue weighted by atomic mass is 79.9. The molecule has 0 radical (unpaired) electrons. The molecule has 0 unspecified atom stereocenters. The van der Waals surface area contributed by atoms with Crippen molar-refractivity contribution < 1.29 is 0 Å².